The smallest absolute Gasteiger partial charge is 0.224 e. The number of nitrogens with one attached hydrogen (secondary N) is 1. The fraction of sp³-hybridized carbons (Fsp3) is 0.611. The van der Waals surface area contributed by atoms with E-state index in [1.54, 1.807) is 12.1 Å². The summed E-state index contributed by atoms with van der Waals surface area (Å²) in [6.07, 6.45) is 4.32. The van der Waals surface area contributed by atoms with E-state index in [0.29, 0.717) is 19.0 Å². The highest BCUT2D eigenvalue weighted by atomic mass is 19.1. The predicted octanol–water partition coefficient (Wildman–Crippen LogP) is 1.89. The van der Waals surface area contributed by atoms with Gasteiger partial charge >= 0.3 is 0 Å². The number of benzene rings is 1. The number of nitrogens with zero attached hydrogens (tertiary/aromatic N) is 1. The molecule has 1 aliphatic heterocycles. The number of rotatable bonds is 6. The van der Waals surface area contributed by atoms with Gasteiger partial charge in [-0.05, 0) is 55.8 Å². The largest absolute Gasteiger partial charge is 0.354 e. The molecule has 2 atom stereocenters. The van der Waals surface area contributed by atoms with Crippen molar-refractivity contribution in [2.45, 2.75) is 38.3 Å². The first-order chi connectivity index (χ1) is 11.1. The lowest BCUT2D eigenvalue weighted by molar-refractivity contribution is -0.126. The second-order valence-corrected chi connectivity index (χ2v) is 6.95. The van der Waals surface area contributed by atoms with Gasteiger partial charge in [0.15, 0.2) is 0 Å². The van der Waals surface area contributed by atoms with E-state index in [9.17, 15) is 9.18 Å². The summed E-state index contributed by atoms with van der Waals surface area (Å²) in [5.74, 6) is 0.530. The highest BCUT2D eigenvalue weighted by Gasteiger charge is 2.30. The summed E-state index contributed by atoms with van der Waals surface area (Å²) in [6.45, 7) is 2.98. The van der Waals surface area contributed by atoms with Gasteiger partial charge in [-0.15, -0.1) is 0 Å². The van der Waals surface area contributed by atoms with Gasteiger partial charge in [-0.25, -0.2) is 4.39 Å². The Hall–Kier alpha value is -1.46. The molecule has 1 aliphatic carbocycles. The summed E-state index contributed by atoms with van der Waals surface area (Å²) in [6, 6.07) is 6.79. The van der Waals surface area contributed by atoms with Gasteiger partial charge in [0.25, 0.3) is 0 Å². The third-order valence-electron chi connectivity index (χ3n) is 4.91. The van der Waals surface area contributed by atoms with Gasteiger partial charge in [-0.3, -0.25) is 9.69 Å². The first-order valence-electron chi connectivity index (χ1n) is 8.62. The monoisotopic (exact) mass is 319 g/mol. The van der Waals surface area contributed by atoms with E-state index in [1.165, 1.54) is 18.9 Å². The highest BCUT2D eigenvalue weighted by Crippen LogP contribution is 2.31. The molecule has 0 radical (unpaired) electrons. The predicted molar refractivity (Wildman–Crippen MR) is 88.1 cm³/mol. The van der Waals surface area contributed by atoms with E-state index >= 15 is 0 Å². The number of hydrogen-bond acceptors (Lipinski definition) is 3. The van der Waals surface area contributed by atoms with Gasteiger partial charge < -0.3 is 11.1 Å². The Morgan fingerprint density at radius 3 is 2.96 bits per heavy atom. The van der Waals surface area contributed by atoms with E-state index in [1.807, 2.05) is 6.07 Å². The standard InChI is InChI=1S/C18H26FN3O/c19-16-5-1-3-13(9-16)11-22-8-2-4-15(12-22)18(23)21-10-17(20)14-6-7-14/h1,3,5,9,14-15,17H,2,4,6-8,10-12,20H2,(H,21,23). The zero-order chi connectivity index (χ0) is 16.2. The molecule has 2 unspecified atom stereocenters. The van der Waals surface area contributed by atoms with Crippen molar-refractivity contribution in [2.75, 3.05) is 19.6 Å². The van der Waals surface area contributed by atoms with Gasteiger partial charge in [0.05, 0.1) is 5.92 Å². The zero-order valence-electron chi connectivity index (χ0n) is 13.5. The molecule has 3 N–H and O–H groups in total. The molecule has 2 aliphatic rings. The SMILES string of the molecule is NC(CNC(=O)C1CCCN(Cc2cccc(F)c2)C1)C1CC1. The van der Waals surface area contributed by atoms with Crippen LogP contribution in [0.2, 0.25) is 0 Å². The zero-order valence-corrected chi connectivity index (χ0v) is 13.5. The minimum absolute atomic E-state index is 0.0173. The van der Waals surface area contributed by atoms with Crippen LogP contribution in [0.3, 0.4) is 0 Å². The highest BCUT2D eigenvalue weighted by molar-refractivity contribution is 5.79. The van der Waals surface area contributed by atoms with Gasteiger partial charge in [-0.2, -0.15) is 0 Å². The van der Waals surface area contributed by atoms with Crippen LogP contribution in [0.25, 0.3) is 0 Å². The van der Waals surface area contributed by atoms with Crippen LogP contribution >= 0.6 is 0 Å². The maximum absolute atomic E-state index is 13.3. The summed E-state index contributed by atoms with van der Waals surface area (Å²) in [5, 5.41) is 3.02. The van der Waals surface area contributed by atoms with Crippen molar-refractivity contribution >= 4 is 5.91 Å². The molecule has 5 heteroatoms. The molecule has 23 heavy (non-hydrogen) atoms. The number of piperidine rings is 1. The molecule has 1 heterocycles. The summed E-state index contributed by atoms with van der Waals surface area (Å²) < 4.78 is 13.3. The molecule has 126 valence electrons. The van der Waals surface area contributed by atoms with Crippen molar-refractivity contribution in [1.29, 1.82) is 0 Å². The number of carbonyl (C=O) groups is 1. The van der Waals surface area contributed by atoms with E-state index in [-0.39, 0.29) is 23.7 Å². The second-order valence-electron chi connectivity index (χ2n) is 6.95. The van der Waals surface area contributed by atoms with Crippen LogP contribution in [0.1, 0.15) is 31.2 Å². The molecular weight excluding hydrogens is 293 g/mol. The van der Waals surface area contributed by atoms with E-state index in [4.69, 9.17) is 5.73 Å². The van der Waals surface area contributed by atoms with E-state index in [0.717, 1.165) is 31.5 Å². The molecule has 1 saturated carbocycles. The van der Waals surface area contributed by atoms with Crippen LogP contribution in [0.5, 0.6) is 0 Å². The maximum atomic E-state index is 13.3. The number of amides is 1. The van der Waals surface area contributed by atoms with Gasteiger partial charge in [0.1, 0.15) is 5.82 Å². The Morgan fingerprint density at radius 2 is 2.22 bits per heavy atom. The van der Waals surface area contributed by atoms with Crippen molar-refractivity contribution < 1.29 is 9.18 Å². The van der Waals surface area contributed by atoms with Crippen LogP contribution < -0.4 is 11.1 Å². The normalized spacial score (nSPS) is 23.5. The Bertz CT molecular complexity index is 547. The number of likely N-dealkylation sites (tertiary alicyclic amines) is 1. The molecule has 1 aromatic carbocycles. The van der Waals surface area contributed by atoms with Crippen molar-refractivity contribution in [2.24, 2.45) is 17.6 Å². The molecule has 0 aromatic heterocycles. The van der Waals surface area contributed by atoms with Crippen LogP contribution in [0.4, 0.5) is 4.39 Å². The molecule has 1 saturated heterocycles. The van der Waals surface area contributed by atoms with Crippen molar-refractivity contribution in [3.63, 3.8) is 0 Å². The molecule has 3 rings (SSSR count). The van der Waals surface area contributed by atoms with Crippen LogP contribution in [-0.2, 0) is 11.3 Å². The topological polar surface area (TPSA) is 58.4 Å². The first kappa shape index (κ1) is 16.4. The molecule has 1 amide bonds. The molecule has 2 fully saturated rings. The molecular formula is C18H26FN3O. The lowest BCUT2D eigenvalue weighted by Gasteiger charge is -2.32. The third kappa shape index (κ3) is 4.75. The van der Waals surface area contributed by atoms with Gasteiger partial charge in [0, 0.05) is 25.7 Å². The average Bonchev–Trinajstić information content (AvgIpc) is 3.37. The number of nitrogens with two attached hydrogens (primary N) is 1. The number of carbonyl (C=O) groups excluding carboxylic acids is 1. The second kappa shape index (κ2) is 7.41. The summed E-state index contributed by atoms with van der Waals surface area (Å²) in [7, 11) is 0. The summed E-state index contributed by atoms with van der Waals surface area (Å²) in [5.41, 5.74) is 7.00. The Labute approximate surface area is 137 Å². The molecule has 0 spiro atoms. The lowest BCUT2D eigenvalue weighted by Crippen LogP contribution is -2.46. The average molecular weight is 319 g/mol. The molecule has 1 aromatic rings. The Kier molecular flexibility index (Phi) is 5.28. The van der Waals surface area contributed by atoms with Crippen molar-refractivity contribution in [1.82, 2.24) is 10.2 Å². The number of hydrogen-bond donors (Lipinski definition) is 2. The van der Waals surface area contributed by atoms with Gasteiger partial charge in [-0.1, -0.05) is 12.1 Å². The lowest BCUT2D eigenvalue weighted by atomic mass is 9.96. The molecule has 4 nitrogen and oxygen atoms in total. The Morgan fingerprint density at radius 1 is 1.39 bits per heavy atom. The minimum atomic E-state index is -0.206. The van der Waals surface area contributed by atoms with Crippen LogP contribution in [-0.4, -0.2) is 36.5 Å². The van der Waals surface area contributed by atoms with E-state index in [2.05, 4.69) is 10.2 Å². The fourth-order valence-electron chi connectivity index (χ4n) is 3.36. The molecule has 0 bridgehead atoms. The number of halogens is 1. The van der Waals surface area contributed by atoms with Crippen molar-refractivity contribution in [3.8, 4) is 0 Å². The fourth-order valence-corrected chi connectivity index (χ4v) is 3.36. The van der Waals surface area contributed by atoms with Gasteiger partial charge in [0.2, 0.25) is 5.91 Å². The minimum Gasteiger partial charge on any atom is -0.354 e. The van der Waals surface area contributed by atoms with E-state index < -0.39 is 0 Å². The quantitative estimate of drug-likeness (QED) is 0.842. The summed E-state index contributed by atoms with van der Waals surface area (Å²) in [4.78, 5) is 14.6. The third-order valence-corrected chi connectivity index (χ3v) is 4.91. The maximum Gasteiger partial charge on any atom is 0.224 e. The van der Waals surface area contributed by atoms with Crippen LogP contribution in [0, 0.1) is 17.7 Å². The summed E-state index contributed by atoms with van der Waals surface area (Å²) >= 11 is 0. The van der Waals surface area contributed by atoms with Crippen LogP contribution in [0.15, 0.2) is 24.3 Å². The van der Waals surface area contributed by atoms with Crippen molar-refractivity contribution in [3.05, 3.63) is 35.6 Å². The Balaban J connectivity index is 1.48. The first-order valence-corrected chi connectivity index (χ1v) is 8.62.